The van der Waals surface area contributed by atoms with Crippen molar-refractivity contribution in [1.29, 1.82) is 0 Å². The summed E-state index contributed by atoms with van der Waals surface area (Å²) in [6.45, 7) is 6.64. The number of carboxylic acids is 1. The molecule has 13 heavy (non-hydrogen) atoms. The van der Waals surface area contributed by atoms with Crippen LogP contribution in [0.2, 0.25) is 0 Å². The summed E-state index contributed by atoms with van der Waals surface area (Å²) in [5.41, 5.74) is 0. The second-order valence-electron chi connectivity index (χ2n) is 2.61. The molecule has 0 aliphatic heterocycles. The molecule has 0 heterocycles. The van der Waals surface area contributed by atoms with Gasteiger partial charge in [0.2, 0.25) is 0 Å². The Balaban J connectivity index is -0.000000150. The van der Waals surface area contributed by atoms with Gasteiger partial charge in [-0.25, -0.2) is 4.79 Å². The molecule has 0 saturated heterocycles. The van der Waals surface area contributed by atoms with Crippen molar-refractivity contribution in [2.24, 2.45) is 5.92 Å². The van der Waals surface area contributed by atoms with Crippen molar-refractivity contribution in [3.05, 3.63) is 0 Å². The summed E-state index contributed by atoms with van der Waals surface area (Å²) in [5.74, 6) is -1.87. The van der Waals surface area contributed by atoms with E-state index in [9.17, 15) is 13.2 Å². The molecule has 0 aliphatic carbocycles. The second kappa shape index (κ2) is 7.85. The molecule has 0 amide bonds. The van der Waals surface area contributed by atoms with Crippen LogP contribution in [0.4, 0.5) is 13.2 Å². The lowest BCUT2D eigenvalue weighted by molar-refractivity contribution is -0.192. The minimum absolute atomic E-state index is 0. The van der Waals surface area contributed by atoms with Crippen LogP contribution in [0.1, 0.15) is 27.2 Å². The standard InChI is InChI=1S/C5H12.C2HF3O2.H3N/c1-4-5(2)3;3-2(4,5)1(6)7;/h5H,4H2,1-3H3;(H,6,7);1H3. The zero-order valence-electron chi connectivity index (χ0n) is 7.98. The molecule has 0 aromatic rings. The van der Waals surface area contributed by atoms with Crippen molar-refractivity contribution >= 4 is 5.97 Å². The Kier molecular flexibility index (Phi) is 10.9. The number of carboxylic acid groups (broad SMARTS) is 1. The van der Waals surface area contributed by atoms with Gasteiger partial charge in [-0.15, -0.1) is 0 Å². The highest BCUT2D eigenvalue weighted by Crippen LogP contribution is 2.13. The molecule has 0 aromatic heterocycles. The van der Waals surface area contributed by atoms with Gasteiger partial charge < -0.3 is 11.3 Å². The van der Waals surface area contributed by atoms with E-state index in [1.54, 1.807) is 0 Å². The first-order valence-electron chi connectivity index (χ1n) is 3.51. The predicted octanol–water partition coefficient (Wildman–Crippen LogP) is 2.85. The number of hydrogen-bond acceptors (Lipinski definition) is 2. The number of carbonyl (C=O) groups is 1. The van der Waals surface area contributed by atoms with E-state index in [0.717, 1.165) is 5.92 Å². The Morgan fingerprint density at radius 3 is 1.54 bits per heavy atom. The highest BCUT2D eigenvalue weighted by molar-refractivity contribution is 5.73. The van der Waals surface area contributed by atoms with E-state index >= 15 is 0 Å². The summed E-state index contributed by atoms with van der Waals surface area (Å²) in [4.78, 5) is 8.90. The van der Waals surface area contributed by atoms with Crippen molar-refractivity contribution in [2.45, 2.75) is 33.4 Å². The Morgan fingerprint density at radius 1 is 1.38 bits per heavy atom. The third-order valence-corrected chi connectivity index (χ3v) is 1.06. The fourth-order valence-corrected chi connectivity index (χ4v) is 0. The molecule has 0 spiro atoms. The average Bonchev–Trinajstić information content (AvgIpc) is 1.87. The lowest BCUT2D eigenvalue weighted by atomic mass is 10.2. The smallest absolute Gasteiger partial charge is 0.475 e. The van der Waals surface area contributed by atoms with Gasteiger partial charge in [0.25, 0.3) is 0 Å². The van der Waals surface area contributed by atoms with Crippen LogP contribution >= 0.6 is 0 Å². The van der Waals surface area contributed by atoms with Gasteiger partial charge in [0.1, 0.15) is 0 Å². The van der Waals surface area contributed by atoms with E-state index in [2.05, 4.69) is 20.8 Å². The third kappa shape index (κ3) is 18.3. The first-order chi connectivity index (χ1) is 5.21. The number of rotatable bonds is 1. The van der Waals surface area contributed by atoms with Crippen LogP contribution in [0.25, 0.3) is 0 Å². The van der Waals surface area contributed by atoms with E-state index in [4.69, 9.17) is 9.90 Å². The lowest BCUT2D eigenvalue weighted by Crippen LogP contribution is -2.21. The van der Waals surface area contributed by atoms with Gasteiger partial charge >= 0.3 is 12.1 Å². The molecule has 3 nitrogen and oxygen atoms in total. The van der Waals surface area contributed by atoms with Crippen molar-refractivity contribution < 1.29 is 23.1 Å². The minimum atomic E-state index is -5.08. The number of alkyl halides is 3. The molecule has 6 heteroatoms. The van der Waals surface area contributed by atoms with E-state index in [0.29, 0.717) is 0 Å². The number of aliphatic carboxylic acids is 1. The average molecular weight is 203 g/mol. The minimum Gasteiger partial charge on any atom is -0.475 e. The van der Waals surface area contributed by atoms with Crippen molar-refractivity contribution in [3.63, 3.8) is 0 Å². The van der Waals surface area contributed by atoms with Gasteiger partial charge in [-0.05, 0) is 5.92 Å². The Labute approximate surface area is 75.5 Å². The van der Waals surface area contributed by atoms with Crippen LogP contribution in [-0.2, 0) is 4.79 Å². The molecule has 0 aliphatic rings. The van der Waals surface area contributed by atoms with Crippen LogP contribution in [0.15, 0.2) is 0 Å². The maximum atomic E-state index is 10.6. The summed E-state index contributed by atoms with van der Waals surface area (Å²) in [6, 6.07) is 0. The molecule has 0 radical (unpaired) electrons. The summed E-state index contributed by atoms with van der Waals surface area (Å²) in [5, 5.41) is 7.12. The molecular formula is C7H16F3NO2. The van der Waals surface area contributed by atoms with E-state index in [1.165, 1.54) is 6.42 Å². The molecule has 82 valence electrons. The zero-order chi connectivity index (χ0) is 10.4. The Morgan fingerprint density at radius 2 is 1.54 bits per heavy atom. The number of hydrogen-bond donors (Lipinski definition) is 2. The maximum absolute atomic E-state index is 10.6. The first kappa shape index (κ1) is 18.1. The topological polar surface area (TPSA) is 72.3 Å². The third-order valence-electron chi connectivity index (χ3n) is 1.06. The molecular weight excluding hydrogens is 187 g/mol. The summed E-state index contributed by atoms with van der Waals surface area (Å²) < 4.78 is 31.7. The SMILES string of the molecule is CCC(C)C.N.O=C(O)C(F)(F)F. The summed E-state index contributed by atoms with van der Waals surface area (Å²) in [7, 11) is 0. The second-order valence-corrected chi connectivity index (χ2v) is 2.61. The van der Waals surface area contributed by atoms with E-state index in [-0.39, 0.29) is 6.15 Å². The fourth-order valence-electron chi connectivity index (χ4n) is 0. The number of halogens is 3. The van der Waals surface area contributed by atoms with Gasteiger partial charge in [0.05, 0.1) is 0 Å². The fraction of sp³-hybridized carbons (Fsp3) is 0.857. The highest BCUT2D eigenvalue weighted by Gasteiger charge is 2.38. The Bertz CT molecular complexity index is 134. The largest absolute Gasteiger partial charge is 0.490 e. The van der Waals surface area contributed by atoms with Crippen molar-refractivity contribution in [1.82, 2.24) is 6.15 Å². The van der Waals surface area contributed by atoms with Crippen molar-refractivity contribution in [3.8, 4) is 0 Å². The lowest BCUT2D eigenvalue weighted by Gasteiger charge is -1.93. The van der Waals surface area contributed by atoms with Gasteiger partial charge in [-0.1, -0.05) is 27.2 Å². The molecule has 0 saturated carbocycles. The van der Waals surface area contributed by atoms with Crippen LogP contribution in [0.3, 0.4) is 0 Å². The van der Waals surface area contributed by atoms with Gasteiger partial charge in [0, 0.05) is 0 Å². The Hall–Kier alpha value is -0.780. The molecule has 0 aromatic carbocycles. The molecule has 0 rings (SSSR count). The van der Waals surface area contributed by atoms with Gasteiger partial charge in [0.15, 0.2) is 0 Å². The summed E-state index contributed by atoms with van der Waals surface area (Å²) in [6.07, 6.45) is -3.78. The maximum Gasteiger partial charge on any atom is 0.490 e. The van der Waals surface area contributed by atoms with E-state index < -0.39 is 12.1 Å². The summed E-state index contributed by atoms with van der Waals surface area (Å²) >= 11 is 0. The van der Waals surface area contributed by atoms with Gasteiger partial charge in [-0.3, -0.25) is 0 Å². The van der Waals surface area contributed by atoms with Crippen molar-refractivity contribution in [2.75, 3.05) is 0 Å². The van der Waals surface area contributed by atoms with Crippen LogP contribution in [0.5, 0.6) is 0 Å². The molecule has 0 atom stereocenters. The quantitative estimate of drug-likeness (QED) is 0.688. The van der Waals surface area contributed by atoms with E-state index in [1.807, 2.05) is 0 Å². The van der Waals surface area contributed by atoms with Crippen LogP contribution in [-0.4, -0.2) is 17.3 Å². The van der Waals surface area contributed by atoms with Crippen LogP contribution < -0.4 is 6.15 Å². The molecule has 4 N–H and O–H groups in total. The molecule has 0 unspecified atom stereocenters. The predicted molar refractivity (Wildman–Crippen MR) is 43.8 cm³/mol. The van der Waals surface area contributed by atoms with Crippen LogP contribution in [0, 0.1) is 5.92 Å². The van der Waals surface area contributed by atoms with Gasteiger partial charge in [-0.2, -0.15) is 13.2 Å². The zero-order valence-corrected chi connectivity index (χ0v) is 7.98. The highest BCUT2D eigenvalue weighted by atomic mass is 19.4. The normalized spacial score (nSPS) is 9.77. The molecule has 0 bridgehead atoms. The first-order valence-corrected chi connectivity index (χ1v) is 3.51. The monoisotopic (exact) mass is 203 g/mol. The molecule has 0 fully saturated rings.